The lowest BCUT2D eigenvalue weighted by atomic mass is 9.88. The summed E-state index contributed by atoms with van der Waals surface area (Å²) in [4.78, 5) is -2.81. The molecule has 0 saturated heterocycles. The molecule has 0 aromatic heterocycles. The van der Waals surface area contributed by atoms with E-state index < -0.39 is 17.2 Å². The normalized spacial score (nSPS) is 27.1. The van der Waals surface area contributed by atoms with Crippen LogP contribution in [0.1, 0.15) is 11.1 Å². The van der Waals surface area contributed by atoms with Gasteiger partial charge in [0.15, 0.2) is 4.87 Å². The molecule has 3 rings (SSSR count). The van der Waals surface area contributed by atoms with Crippen LogP contribution in [0.3, 0.4) is 0 Å². The highest BCUT2D eigenvalue weighted by Gasteiger charge is 2.57. The summed E-state index contributed by atoms with van der Waals surface area (Å²) in [7, 11) is 0. The van der Waals surface area contributed by atoms with Crippen LogP contribution in [-0.4, -0.2) is 28.9 Å². The third kappa shape index (κ3) is 2.34. The summed E-state index contributed by atoms with van der Waals surface area (Å²) < 4.78 is 44.4. The molecule has 0 saturated carbocycles. The highest BCUT2D eigenvalue weighted by atomic mass is 35.5. The van der Waals surface area contributed by atoms with E-state index in [0.717, 1.165) is 12.2 Å². The second kappa shape index (κ2) is 5.18. The van der Waals surface area contributed by atoms with Crippen molar-refractivity contribution < 1.29 is 23.0 Å². The summed E-state index contributed by atoms with van der Waals surface area (Å²) in [5.41, 5.74) is 1.73. The minimum absolute atomic E-state index is 0.374. The molecule has 1 heterocycles. The Morgan fingerprint density at radius 1 is 1.36 bits per heavy atom. The van der Waals surface area contributed by atoms with Crippen molar-refractivity contribution in [3.05, 3.63) is 53.6 Å². The smallest absolute Gasteiger partial charge is 0.413 e. The number of aliphatic hydroxyl groups is 1. The summed E-state index contributed by atoms with van der Waals surface area (Å²) in [6, 6.07) is 6.32. The Labute approximate surface area is 130 Å². The van der Waals surface area contributed by atoms with Crippen molar-refractivity contribution in [3.8, 4) is 5.75 Å². The number of allylic oxidation sites excluding steroid dienone is 2. The number of hydrogen-bond acceptors (Lipinski definition) is 2. The molecule has 2 unspecified atom stereocenters. The van der Waals surface area contributed by atoms with Crippen molar-refractivity contribution in [3.63, 3.8) is 0 Å². The molecule has 2 atom stereocenters. The minimum Gasteiger partial charge on any atom is -0.488 e. The quantitative estimate of drug-likeness (QED) is 0.796. The molecule has 0 bridgehead atoms. The van der Waals surface area contributed by atoms with Crippen LogP contribution in [0.25, 0.3) is 11.6 Å². The van der Waals surface area contributed by atoms with Gasteiger partial charge in [-0.2, -0.15) is 13.2 Å². The van der Waals surface area contributed by atoms with E-state index >= 15 is 0 Å². The van der Waals surface area contributed by atoms with Crippen molar-refractivity contribution in [2.24, 2.45) is 0 Å². The summed E-state index contributed by atoms with van der Waals surface area (Å²) in [6.07, 6.45) is 0.130. The molecule has 0 fully saturated rings. The largest absolute Gasteiger partial charge is 0.488 e. The first-order chi connectivity index (χ1) is 10.3. The summed E-state index contributed by atoms with van der Waals surface area (Å²) in [5, 5.41) is 9.86. The molecule has 2 nitrogen and oxygen atoms in total. The first kappa shape index (κ1) is 15.2. The van der Waals surface area contributed by atoms with Crippen molar-refractivity contribution >= 4 is 23.3 Å². The molecular formula is C16H11ClF3O2. The van der Waals surface area contributed by atoms with Gasteiger partial charge in [-0.3, -0.25) is 0 Å². The fraction of sp³-hybridized carbons (Fsp3) is 0.250. The monoisotopic (exact) mass is 327 g/mol. The number of ether oxygens (including phenoxy) is 1. The number of benzene rings is 1. The predicted molar refractivity (Wildman–Crippen MR) is 77.6 cm³/mol. The van der Waals surface area contributed by atoms with Crippen LogP contribution in [-0.2, 0) is 0 Å². The maximum atomic E-state index is 13.0. The zero-order chi connectivity index (χ0) is 16.0. The average molecular weight is 328 g/mol. The Bertz CT molecular complexity index is 691. The van der Waals surface area contributed by atoms with E-state index in [1.165, 1.54) is 6.08 Å². The van der Waals surface area contributed by atoms with E-state index in [-0.39, 0.29) is 0 Å². The highest BCUT2D eigenvalue weighted by molar-refractivity contribution is 6.27. The lowest BCUT2D eigenvalue weighted by Gasteiger charge is -2.32. The molecule has 0 spiro atoms. The summed E-state index contributed by atoms with van der Waals surface area (Å²) >= 11 is 5.54. The van der Waals surface area contributed by atoms with Crippen LogP contribution in [0.2, 0.25) is 0 Å². The second-order valence-corrected chi connectivity index (χ2v) is 5.64. The molecule has 1 radical (unpaired) electrons. The number of alkyl halides is 4. The Morgan fingerprint density at radius 2 is 2.14 bits per heavy atom. The zero-order valence-electron chi connectivity index (χ0n) is 11.2. The van der Waals surface area contributed by atoms with Gasteiger partial charge in [-0.25, -0.2) is 0 Å². The molecule has 1 N–H and O–H groups in total. The van der Waals surface area contributed by atoms with E-state index in [4.69, 9.17) is 16.3 Å². The van der Waals surface area contributed by atoms with E-state index in [1.807, 2.05) is 12.2 Å². The molecule has 1 aromatic carbocycles. The van der Waals surface area contributed by atoms with Gasteiger partial charge >= 0.3 is 6.18 Å². The maximum Gasteiger partial charge on any atom is 0.413 e. The van der Waals surface area contributed by atoms with Crippen molar-refractivity contribution in [1.82, 2.24) is 0 Å². The van der Waals surface area contributed by atoms with Gasteiger partial charge in [-0.05, 0) is 23.8 Å². The van der Waals surface area contributed by atoms with Gasteiger partial charge < -0.3 is 9.84 Å². The summed E-state index contributed by atoms with van der Waals surface area (Å²) in [5.74, 6) is 0.530. The van der Waals surface area contributed by atoms with Gasteiger partial charge in [-0.15, -0.1) is 11.6 Å². The molecule has 1 aromatic rings. The lowest BCUT2D eigenvalue weighted by Crippen LogP contribution is -2.48. The fourth-order valence-corrected chi connectivity index (χ4v) is 2.53. The van der Waals surface area contributed by atoms with Crippen molar-refractivity contribution in [2.75, 3.05) is 6.61 Å². The fourth-order valence-electron chi connectivity index (χ4n) is 2.40. The molecule has 2 aliphatic rings. The van der Waals surface area contributed by atoms with E-state index in [9.17, 15) is 18.3 Å². The Hall–Kier alpha value is -1.72. The molecular weight excluding hydrogens is 317 g/mol. The zero-order valence-corrected chi connectivity index (χ0v) is 11.9. The maximum absolute atomic E-state index is 13.0. The van der Waals surface area contributed by atoms with Gasteiger partial charge in [0, 0.05) is 11.1 Å². The van der Waals surface area contributed by atoms with Gasteiger partial charge in [-0.1, -0.05) is 30.4 Å². The Morgan fingerprint density at radius 3 is 2.82 bits per heavy atom. The first-order valence-corrected chi connectivity index (χ1v) is 6.90. The van der Waals surface area contributed by atoms with Crippen LogP contribution in [0.15, 0.2) is 36.4 Å². The molecule has 1 aliphatic heterocycles. The highest BCUT2D eigenvalue weighted by Crippen LogP contribution is 2.45. The van der Waals surface area contributed by atoms with Crippen LogP contribution in [0, 0.1) is 6.07 Å². The van der Waals surface area contributed by atoms with E-state index in [2.05, 4.69) is 6.07 Å². The standard InChI is InChI=1S/C16H11ClF3O2/c17-15(16(18,19)20)7-6-11(9-13(15)21)12-5-1-3-10-4-2-8-22-14(10)12/h1-2,4-7,9,13,21H,8H2. The molecule has 22 heavy (non-hydrogen) atoms. The van der Waals surface area contributed by atoms with Crippen molar-refractivity contribution in [2.45, 2.75) is 17.2 Å². The van der Waals surface area contributed by atoms with Crippen molar-refractivity contribution in [1.29, 1.82) is 0 Å². The van der Waals surface area contributed by atoms with Crippen LogP contribution in [0.5, 0.6) is 5.75 Å². The van der Waals surface area contributed by atoms with Gasteiger partial charge in [0.2, 0.25) is 0 Å². The first-order valence-electron chi connectivity index (χ1n) is 6.52. The number of aliphatic hydroxyl groups excluding tert-OH is 1. The van der Waals surface area contributed by atoms with Crippen LogP contribution in [0.4, 0.5) is 13.2 Å². The van der Waals surface area contributed by atoms with Gasteiger partial charge in [0.05, 0.1) is 0 Å². The third-order valence-corrected chi connectivity index (χ3v) is 4.17. The number of hydrogen-bond donors (Lipinski definition) is 1. The Balaban J connectivity index is 2.01. The molecule has 115 valence electrons. The van der Waals surface area contributed by atoms with Crippen LogP contribution >= 0.6 is 11.6 Å². The Kier molecular flexibility index (Phi) is 3.57. The van der Waals surface area contributed by atoms with Crippen LogP contribution < -0.4 is 4.74 Å². The number of fused-ring (bicyclic) bond motifs is 1. The number of rotatable bonds is 1. The third-order valence-electron chi connectivity index (χ3n) is 3.61. The minimum atomic E-state index is -4.75. The molecule has 0 amide bonds. The SMILES string of the molecule is OC1C=C(c2cc[c]c3c2OCC=C3)C=CC1(Cl)C(F)(F)F. The van der Waals surface area contributed by atoms with Gasteiger partial charge in [0.1, 0.15) is 18.5 Å². The van der Waals surface area contributed by atoms with E-state index in [1.54, 1.807) is 12.1 Å². The average Bonchev–Trinajstić information content (AvgIpc) is 2.48. The summed E-state index contributed by atoms with van der Waals surface area (Å²) in [6.45, 7) is 0.374. The molecule has 1 aliphatic carbocycles. The second-order valence-electron chi connectivity index (χ2n) is 5.01. The molecule has 6 heteroatoms. The topological polar surface area (TPSA) is 29.5 Å². The van der Waals surface area contributed by atoms with Gasteiger partial charge in [0.25, 0.3) is 0 Å². The number of halogens is 4. The predicted octanol–water partition coefficient (Wildman–Crippen LogP) is 3.75. The lowest BCUT2D eigenvalue weighted by molar-refractivity contribution is -0.166. The van der Waals surface area contributed by atoms with E-state index in [0.29, 0.717) is 29.1 Å².